The Hall–Kier alpha value is -1.44. The largest absolute Gasteiger partial charge is 0.497 e. The zero-order valence-corrected chi connectivity index (χ0v) is 11.8. The van der Waals surface area contributed by atoms with Gasteiger partial charge in [0.1, 0.15) is 9.45 Å². The van der Waals surface area contributed by atoms with Crippen LogP contribution in [0.2, 0.25) is 0 Å². The molecule has 0 aliphatic carbocycles. The molecule has 0 aliphatic rings. The Kier molecular flexibility index (Phi) is 4.29. The van der Waals surface area contributed by atoms with Gasteiger partial charge in [0.05, 0.1) is 13.3 Å². The number of aromatic nitrogens is 2. The second-order valence-electron chi connectivity index (χ2n) is 3.53. The Labute approximate surface area is 118 Å². The molecule has 0 unspecified atom stereocenters. The van der Waals surface area contributed by atoms with Gasteiger partial charge in [-0.25, -0.2) is 9.97 Å². The number of methoxy groups -OCH3 is 1. The quantitative estimate of drug-likeness (QED) is 0.853. The molecule has 0 amide bonds. The minimum atomic E-state index is -0.588. The lowest BCUT2D eigenvalue weighted by molar-refractivity contribution is 0.414. The first kappa shape index (κ1) is 13.0. The Morgan fingerprint density at radius 2 is 2.06 bits per heavy atom. The fraction of sp³-hybridized carbons (Fsp3) is 0.167. The lowest BCUT2D eigenvalue weighted by atomic mass is 10.2. The van der Waals surface area contributed by atoms with Gasteiger partial charge in [0.15, 0.2) is 5.82 Å². The second-order valence-corrected chi connectivity index (χ2v) is 4.64. The molecule has 0 saturated carbocycles. The zero-order valence-electron chi connectivity index (χ0n) is 9.65. The van der Waals surface area contributed by atoms with E-state index in [-0.39, 0.29) is 5.82 Å². The number of halogens is 2. The molecule has 1 aromatic carbocycles. The molecule has 2 aromatic rings. The highest BCUT2D eigenvalue weighted by Crippen LogP contribution is 2.14. The molecule has 0 aliphatic heterocycles. The maximum absolute atomic E-state index is 13.4. The summed E-state index contributed by atoms with van der Waals surface area (Å²) in [5, 5.41) is 2.90. The summed E-state index contributed by atoms with van der Waals surface area (Å²) < 4.78 is 19.0. The number of ether oxygens (including phenoxy) is 1. The third-order valence-electron chi connectivity index (χ3n) is 2.32. The molecule has 0 spiro atoms. The van der Waals surface area contributed by atoms with E-state index in [1.165, 1.54) is 6.20 Å². The Bertz CT molecular complexity index is 533. The topological polar surface area (TPSA) is 47.0 Å². The highest BCUT2D eigenvalue weighted by molar-refractivity contribution is 14.1. The van der Waals surface area contributed by atoms with Crippen LogP contribution in [0.3, 0.4) is 0 Å². The van der Waals surface area contributed by atoms with Crippen LogP contribution in [0.15, 0.2) is 30.5 Å². The molecular weight excluding hydrogens is 348 g/mol. The number of rotatable bonds is 4. The number of hydrogen-bond donors (Lipinski definition) is 1. The molecular formula is C12H11FIN3O. The van der Waals surface area contributed by atoms with E-state index in [1.807, 2.05) is 46.9 Å². The minimum absolute atomic E-state index is 0.159. The van der Waals surface area contributed by atoms with Crippen LogP contribution < -0.4 is 10.1 Å². The van der Waals surface area contributed by atoms with E-state index in [0.717, 1.165) is 11.3 Å². The van der Waals surface area contributed by atoms with Crippen molar-refractivity contribution in [3.05, 3.63) is 45.7 Å². The molecule has 1 N–H and O–H groups in total. The van der Waals surface area contributed by atoms with E-state index in [0.29, 0.717) is 10.2 Å². The standard InChI is InChI=1S/C12H11FIN3O/c1-18-9-4-2-8(3-5-9)6-15-12-11(13)17-10(14)7-16-12/h2-5,7H,6H2,1H3,(H,15,16). The van der Waals surface area contributed by atoms with Crippen molar-refractivity contribution in [2.24, 2.45) is 0 Å². The van der Waals surface area contributed by atoms with Gasteiger partial charge in [0.2, 0.25) is 0 Å². The van der Waals surface area contributed by atoms with Crippen molar-refractivity contribution in [2.75, 3.05) is 12.4 Å². The van der Waals surface area contributed by atoms with Gasteiger partial charge in [-0.15, -0.1) is 0 Å². The molecule has 0 radical (unpaired) electrons. The third kappa shape index (κ3) is 3.28. The van der Waals surface area contributed by atoms with E-state index >= 15 is 0 Å². The number of anilines is 1. The summed E-state index contributed by atoms with van der Waals surface area (Å²) in [5.41, 5.74) is 1.01. The average Bonchev–Trinajstić information content (AvgIpc) is 2.38. The van der Waals surface area contributed by atoms with Crippen molar-refractivity contribution in [3.63, 3.8) is 0 Å². The molecule has 1 aromatic heterocycles. The van der Waals surface area contributed by atoms with Gasteiger partial charge in [-0.1, -0.05) is 12.1 Å². The van der Waals surface area contributed by atoms with E-state index < -0.39 is 5.95 Å². The molecule has 0 bridgehead atoms. The first-order valence-electron chi connectivity index (χ1n) is 5.24. The van der Waals surface area contributed by atoms with Crippen LogP contribution >= 0.6 is 22.6 Å². The minimum Gasteiger partial charge on any atom is -0.497 e. The maximum atomic E-state index is 13.4. The van der Waals surface area contributed by atoms with Gasteiger partial charge in [0.25, 0.3) is 5.95 Å². The number of benzene rings is 1. The van der Waals surface area contributed by atoms with Crippen molar-refractivity contribution < 1.29 is 9.13 Å². The van der Waals surface area contributed by atoms with Crippen LogP contribution in [-0.2, 0) is 6.54 Å². The van der Waals surface area contributed by atoms with E-state index in [4.69, 9.17) is 4.74 Å². The number of nitrogens with one attached hydrogen (secondary N) is 1. The summed E-state index contributed by atoms with van der Waals surface area (Å²) in [6, 6.07) is 7.52. The van der Waals surface area contributed by atoms with Crippen LogP contribution in [0.4, 0.5) is 10.2 Å². The van der Waals surface area contributed by atoms with Crippen LogP contribution in [0.5, 0.6) is 5.75 Å². The van der Waals surface area contributed by atoms with Crippen LogP contribution in [0.25, 0.3) is 0 Å². The molecule has 6 heteroatoms. The smallest absolute Gasteiger partial charge is 0.256 e. The molecule has 0 atom stereocenters. The molecule has 94 valence electrons. The van der Waals surface area contributed by atoms with Gasteiger partial charge < -0.3 is 10.1 Å². The normalized spacial score (nSPS) is 10.2. The van der Waals surface area contributed by atoms with Crippen molar-refractivity contribution in [3.8, 4) is 5.75 Å². The predicted molar refractivity (Wildman–Crippen MR) is 75.0 cm³/mol. The van der Waals surface area contributed by atoms with Gasteiger partial charge >= 0.3 is 0 Å². The van der Waals surface area contributed by atoms with Gasteiger partial charge in [-0.3, -0.25) is 0 Å². The Balaban J connectivity index is 2.02. The maximum Gasteiger partial charge on any atom is 0.256 e. The molecule has 0 saturated heterocycles. The molecule has 4 nitrogen and oxygen atoms in total. The average molecular weight is 359 g/mol. The van der Waals surface area contributed by atoms with Crippen molar-refractivity contribution >= 4 is 28.4 Å². The summed E-state index contributed by atoms with van der Waals surface area (Å²) in [5.74, 6) is 0.362. The first-order valence-corrected chi connectivity index (χ1v) is 6.32. The van der Waals surface area contributed by atoms with E-state index in [2.05, 4.69) is 15.3 Å². The molecule has 1 heterocycles. The van der Waals surface area contributed by atoms with Crippen LogP contribution in [0, 0.1) is 9.65 Å². The summed E-state index contributed by atoms with van der Waals surface area (Å²) >= 11 is 1.91. The first-order chi connectivity index (χ1) is 8.69. The molecule has 0 fully saturated rings. The van der Waals surface area contributed by atoms with E-state index in [1.54, 1.807) is 7.11 Å². The predicted octanol–water partition coefficient (Wildman–Crippen LogP) is 2.84. The summed E-state index contributed by atoms with van der Waals surface area (Å²) in [7, 11) is 1.61. The van der Waals surface area contributed by atoms with Gasteiger partial charge in [-0.2, -0.15) is 4.39 Å². The summed E-state index contributed by atoms with van der Waals surface area (Å²) in [6.07, 6.45) is 1.51. The lowest BCUT2D eigenvalue weighted by Crippen LogP contribution is -2.05. The highest BCUT2D eigenvalue weighted by atomic mass is 127. The summed E-state index contributed by atoms with van der Waals surface area (Å²) in [4.78, 5) is 7.63. The van der Waals surface area contributed by atoms with Crippen molar-refractivity contribution in [1.29, 1.82) is 0 Å². The third-order valence-corrected chi connectivity index (χ3v) is 2.84. The Morgan fingerprint density at radius 1 is 1.33 bits per heavy atom. The Morgan fingerprint density at radius 3 is 2.67 bits per heavy atom. The van der Waals surface area contributed by atoms with Gasteiger partial charge in [0, 0.05) is 6.54 Å². The van der Waals surface area contributed by atoms with Gasteiger partial charge in [-0.05, 0) is 40.3 Å². The van der Waals surface area contributed by atoms with Crippen LogP contribution in [0.1, 0.15) is 5.56 Å². The SMILES string of the molecule is COc1ccc(CNc2ncc(I)nc2F)cc1. The fourth-order valence-electron chi connectivity index (χ4n) is 1.39. The fourth-order valence-corrected chi connectivity index (χ4v) is 1.75. The number of hydrogen-bond acceptors (Lipinski definition) is 4. The summed E-state index contributed by atoms with van der Waals surface area (Å²) in [6.45, 7) is 0.482. The number of nitrogens with zero attached hydrogens (tertiary/aromatic N) is 2. The highest BCUT2D eigenvalue weighted by Gasteiger charge is 2.05. The van der Waals surface area contributed by atoms with Crippen molar-refractivity contribution in [2.45, 2.75) is 6.54 Å². The zero-order chi connectivity index (χ0) is 13.0. The second kappa shape index (κ2) is 5.94. The molecule has 18 heavy (non-hydrogen) atoms. The molecule has 2 rings (SSSR count). The lowest BCUT2D eigenvalue weighted by Gasteiger charge is -2.07. The van der Waals surface area contributed by atoms with E-state index in [9.17, 15) is 4.39 Å². The monoisotopic (exact) mass is 359 g/mol. The van der Waals surface area contributed by atoms with Crippen LogP contribution in [-0.4, -0.2) is 17.1 Å². The van der Waals surface area contributed by atoms with Crippen molar-refractivity contribution in [1.82, 2.24) is 9.97 Å².